The minimum atomic E-state index is 0. The van der Waals surface area contributed by atoms with E-state index in [4.69, 9.17) is 16.1 Å². The van der Waals surface area contributed by atoms with Crippen LogP contribution in [-0.4, -0.2) is 33.2 Å². The molecule has 6 nitrogen and oxygen atoms in total. The molecule has 158 valence electrons. The van der Waals surface area contributed by atoms with Gasteiger partial charge in [-0.2, -0.15) is 4.98 Å². The Balaban J connectivity index is 0.00000204. The van der Waals surface area contributed by atoms with Gasteiger partial charge in [0, 0.05) is 35.0 Å². The molecule has 0 bridgehead atoms. The Morgan fingerprint density at radius 1 is 1.03 bits per heavy atom. The van der Waals surface area contributed by atoms with Gasteiger partial charge in [-0.3, -0.25) is 0 Å². The molecular weight excluding hydrogens is 433 g/mol. The number of hydrogen-bond acceptors (Lipinski definition) is 6. The zero-order valence-electron chi connectivity index (χ0n) is 16.7. The molecule has 1 saturated heterocycles. The highest BCUT2D eigenvalue weighted by Crippen LogP contribution is 2.64. The number of aromatic nitrogens is 4. The zero-order valence-corrected chi connectivity index (χ0v) is 18.3. The van der Waals surface area contributed by atoms with E-state index in [-0.39, 0.29) is 17.8 Å². The monoisotopic (exact) mass is 453 g/mol. The van der Waals surface area contributed by atoms with Gasteiger partial charge in [-0.15, -0.1) is 12.4 Å². The summed E-state index contributed by atoms with van der Waals surface area (Å²) < 4.78 is 5.64. The van der Waals surface area contributed by atoms with Crippen LogP contribution in [0.25, 0.3) is 22.3 Å². The van der Waals surface area contributed by atoms with Crippen molar-refractivity contribution in [3.05, 3.63) is 65.8 Å². The number of nitrogens with zero attached hydrogens (tertiary/aromatic N) is 5. The van der Waals surface area contributed by atoms with E-state index in [0.717, 1.165) is 60.5 Å². The van der Waals surface area contributed by atoms with Crippen LogP contribution in [0.5, 0.6) is 0 Å². The molecule has 1 aliphatic carbocycles. The number of para-hydroxylation sites is 1. The predicted molar refractivity (Wildman–Crippen MR) is 123 cm³/mol. The largest absolute Gasteiger partial charge is 0.356 e. The minimum Gasteiger partial charge on any atom is -0.356 e. The molecular formula is C23H21Cl2N5O. The van der Waals surface area contributed by atoms with Crippen LogP contribution < -0.4 is 4.90 Å². The third-order valence-corrected chi connectivity index (χ3v) is 6.83. The van der Waals surface area contributed by atoms with Gasteiger partial charge in [0.15, 0.2) is 0 Å². The number of rotatable bonds is 3. The normalized spacial score (nSPS) is 19.4. The van der Waals surface area contributed by atoms with Gasteiger partial charge in [0.1, 0.15) is 12.1 Å². The fourth-order valence-electron chi connectivity index (χ4n) is 4.78. The molecule has 0 radical (unpaired) electrons. The van der Waals surface area contributed by atoms with E-state index < -0.39 is 0 Å². The first-order valence-corrected chi connectivity index (χ1v) is 10.6. The summed E-state index contributed by atoms with van der Waals surface area (Å²) >= 11 is 6.09. The minimum absolute atomic E-state index is 0. The van der Waals surface area contributed by atoms with E-state index in [1.807, 2.05) is 42.5 Å². The van der Waals surface area contributed by atoms with E-state index in [9.17, 15) is 0 Å². The molecule has 1 spiro atoms. The first-order chi connectivity index (χ1) is 14.7. The summed E-state index contributed by atoms with van der Waals surface area (Å²) in [6.45, 7) is 1.96. The fourth-order valence-corrected chi connectivity index (χ4v) is 4.97. The third kappa shape index (κ3) is 3.54. The smallest absolute Gasteiger partial charge is 0.230 e. The van der Waals surface area contributed by atoms with E-state index >= 15 is 0 Å². The Hall–Kier alpha value is -2.70. The highest BCUT2D eigenvalue weighted by molar-refractivity contribution is 6.30. The average Bonchev–Trinajstić information content (AvgIpc) is 3.25. The maximum Gasteiger partial charge on any atom is 0.230 e. The van der Waals surface area contributed by atoms with Gasteiger partial charge < -0.3 is 9.42 Å². The lowest BCUT2D eigenvalue weighted by Crippen LogP contribution is -2.35. The molecule has 0 N–H and O–H groups in total. The van der Waals surface area contributed by atoms with E-state index in [2.05, 4.69) is 31.1 Å². The van der Waals surface area contributed by atoms with Gasteiger partial charge in [0.05, 0.1) is 5.52 Å². The van der Waals surface area contributed by atoms with Crippen LogP contribution >= 0.6 is 24.0 Å². The molecule has 2 aliphatic rings. The molecule has 1 unspecified atom stereocenters. The molecule has 8 heteroatoms. The van der Waals surface area contributed by atoms with Crippen molar-refractivity contribution >= 4 is 40.7 Å². The number of hydrogen-bond donors (Lipinski definition) is 0. The second-order valence-electron chi connectivity index (χ2n) is 8.29. The molecule has 1 saturated carbocycles. The summed E-state index contributed by atoms with van der Waals surface area (Å²) in [6, 6.07) is 15.8. The van der Waals surface area contributed by atoms with Crippen LogP contribution in [0.4, 0.5) is 5.82 Å². The molecule has 2 aromatic carbocycles. The first kappa shape index (κ1) is 20.2. The number of anilines is 1. The Kier molecular flexibility index (Phi) is 5.07. The summed E-state index contributed by atoms with van der Waals surface area (Å²) in [6.07, 6.45) is 4.98. The molecule has 6 rings (SSSR count). The lowest BCUT2D eigenvalue weighted by atomic mass is 9.90. The maximum atomic E-state index is 6.09. The van der Waals surface area contributed by atoms with E-state index in [0.29, 0.717) is 16.8 Å². The predicted octanol–water partition coefficient (Wildman–Crippen LogP) is 5.53. The molecule has 1 aliphatic heterocycles. The SMILES string of the molecule is Cl.Clc1cccc(-c2noc(C3CC34CCN(c3ncnc5ccccc35)CC4)n2)c1. The molecule has 2 aromatic heterocycles. The Labute approximate surface area is 191 Å². The van der Waals surface area contributed by atoms with Crippen molar-refractivity contribution in [2.45, 2.75) is 25.2 Å². The van der Waals surface area contributed by atoms with Crippen LogP contribution in [0.1, 0.15) is 31.1 Å². The quantitative estimate of drug-likeness (QED) is 0.406. The molecule has 2 fully saturated rings. The summed E-state index contributed by atoms with van der Waals surface area (Å²) in [5, 5.41) is 5.98. The summed E-state index contributed by atoms with van der Waals surface area (Å²) in [4.78, 5) is 16.0. The van der Waals surface area contributed by atoms with Crippen LogP contribution in [0.3, 0.4) is 0 Å². The fraction of sp³-hybridized carbons (Fsp3) is 0.304. The van der Waals surface area contributed by atoms with Crippen LogP contribution in [0.15, 0.2) is 59.4 Å². The Morgan fingerprint density at radius 2 is 1.87 bits per heavy atom. The summed E-state index contributed by atoms with van der Waals surface area (Å²) in [5.41, 5.74) is 2.15. The Morgan fingerprint density at radius 3 is 2.71 bits per heavy atom. The first-order valence-electron chi connectivity index (χ1n) is 10.3. The molecule has 3 heterocycles. The summed E-state index contributed by atoms with van der Waals surface area (Å²) in [5.74, 6) is 2.75. The third-order valence-electron chi connectivity index (χ3n) is 6.59. The molecule has 0 amide bonds. The number of piperidine rings is 1. The van der Waals surface area contributed by atoms with Gasteiger partial charge in [-0.05, 0) is 48.9 Å². The van der Waals surface area contributed by atoms with Crippen molar-refractivity contribution in [2.75, 3.05) is 18.0 Å². The number of benzene rings is 2. The van der Waals surface area contributed by atoms with Gasteiger partial charge in [0.25, 0.3) is 0 Å². The van der Waals surface area contributed by atoms with Crippen molar-refractivity contribution < 1.29 is 4.52 Å². The molecule has 4 aromatic rings. The van der Waals surface area contributed by atoms with Crippen molar-refractivity contribution in [3.8, 4) is 11.4 Å². The van der Waals surface area contributed by atoms with Crippen molar-refractivity contribution in [3.63, 3.8) is 0 Å². The standard InChI is InChI=1S/C23H20ClN5O.ClH/c24-16-5-3-4-15(12-16)20-27-22(30-28-20)18-13-23(18)8-10-29(11-9-23)21-17-6-1-2-7-19(17)25-14-26-21;/h1-7,12,14,18H,8-11,13H2;1H. The van der Waals surface area contributed by atoms with Crippen molar-refractivity contribution in [1.82, 2.24) is 20.1 Å². The van der Waals surface area contributed by atoms with Crippen LogP contribution in [-0.2, 0) is 0 Å². The number of fused-ring (bicyclic) bond motifs is 1. The zero-order chi connectivity index (χ0) is 20.1. The van der Waals surface area contributed by atoms with Gasteiger partial charge in [-0.25, -0.2) is 9.97 Å². The second kappa shape index (κ2) is 7.77. The average molecular weight is 454 g/mol. The van der Waals surface area contributed by atoms with E-state index in [1.165, 1.54) is 0 Å². The molecule has 1 atom stereocenters. The second-order valence-corrected chi connectivity index (χ2v) is 8.72. The van der Waals surface area contributed by atoms with Crippen LogP contribution in [0, 0.1) is 5.41 Å². The van der Waals surface area contributed by atoms with Gasteiger partial charge >= 0.3 is 0 Å². The van der Waals surface area contributed by atoms with Gasteiger partial charge in [0.2, 0.25) is 11.7 Å². The maximum absolute atomic E-state index is 6.09. The lowest BCUT2D eigenvalue weighted by molar-refractivity contribution is 0.326. The summed E-state index contributed by atoms with van der Waals surface area (Å²) in [7, 11) is 0. The van der Waals surface area contributed by atoms with Crippen LogP contribution in [0.2, 0.25) is 5.02 Å². The van der Waals surface area contributed by atoms with E-state index in [1.54, 1.807) is 6.33 Å². The van der Waals surface area contributed by atoms with Crippen molar-refractivity contribution in [2.24, 2.45) is 5.41 Å². The highest BCUT2D eigenvalue weighted by Gasteiger charge is 2.58. The van der Waals surface area contributed by atoms with Crippen molar-refractivity contribution in [1.29, 1.82) is 0 Å². The molecule has 31 heavy (non-hydrogen) atoms. The topological polar surface area (TPSA) is 67.9 Å². The Bertz CT molecular complexity index is 1230. The highest BCUT2D eigenvalue weighted by atomic mass is 35.5. The van der Waals surface area contributed by atoms with Gasteiger partial charge in [-0.1, -0.05) is 41.0 Å². The lowest BCUT2D eigenvalue weighted by Gasteiger charge is -2.33. The number of halogens is 2.